The Bertz CT molecular complexity index is 1190. The van der Waals surface area contributed by atoms with Crippen LogP contribution in [0.1, 0.15) is 23.7 Å². The van der Waals surface area contributed by atoms with Gasteiger partial charge in [-0.1, -0.05) is 13.0 Å². The summed E-state index contributed by atoms with van der Waals surface area (Å²) in [5, 5.41) is 0. The van der Waals surface area contributed by atoms with E-state index >= 15 is 0 Å². The minimum Gasteiger partial charge on any atom is -0.454 e. The molecule has 3 aromatic rings. The fraction of sp³-hybridized carbons (Fsp3) is 0.304. The van der Waals surface area contributed by atoms with Crippen molar-refractivity contribution in [1.82, 2.24) is 14.5 Å². The van der Waals surface area contributed by atoms with Crippen LogP contribution in [0, 0.1) is 12.7 Å². The number of rotatable bonds is 4. The number of nitrogens with zero attached hydrogens (tertiary/aromatic N) is 4. The van der Waals surface area contributed by atoms with Gasteiger partial charge in [0.25, 0.3) is 5.56 Å². The first-order valence-electron chi connectivity index (χ1n) is 10.3. The lowest BCUT2D eigenvalue weighted by Crippen LogP contribution is -2.47. The van der Waals surface area contributed by atoms with Gasteiger partial charge in [-0.05, 0) is 55.3 Å². The molecule has 2 aliphatic rings. The average Bonchev–Trinajstić information content (AvgIpc) is 3.23. The predicted molar refractivity (Wildman–Crippen MR) is 114 cm³/mol. The standard InChI is InChI=1S/C23H23FN4O3/c1-3-19-15(2)25-23-27(18-7-5-17(24)6-8-18)12-26(13-28(23)22(19)29)11-16-4-9-20-21(10-16)31-14-30-20/h4-10H,3,11-14H2,1-2H3. The largest absolute Gasteiger partial charge is 0.454 e. The lowest BCUT2D eigenvalue weighted by Gasteiger charge is -2.38. The van der Waals surface area contributed by atoms with E-state index in [1.165, 1.54) is 12.1 Å². The highest BCUT2D eigenvalue weighted by molar-refractivity contribution is 5.58. The molecule has 0 unspecified atom stereocenters. The van der Waals surface area contributed by atoms with Gasteiger partial charge in [-0.15, -0.1) is 0 Å². The maximum absolute atomic E-state index is 13.5. The van der Waals surface area contributed by atoms with Gasteiger partial charge in [-0.25, -0.2) is 9.37 Å². The van der Waals surface area contributed by atoms with E-state index in [-0.39, 0.29) is 18.2 Å². The Kier molecular flexibility index (Phi) is 4.86. The normalized spacial score (nSPS) is 15.3. The molecule has 160 valence electrons. The molecule has 31 heavy (non-hydrogen) atoms. The van der Waals surface area contributed by atoms with Crippen molar-refractivity contribution in [3.8, 4) is 11.5 Å². The molecule has 0 spiro atoms. The molecule has 5 rings (SSSR count). The molecule has 0 bridgehead atoms. The van der Waals surface area contributed by atoms with Gasteiger partial charge in [0.15, 0.2) is 11.5 Å². The molecule has 0 atom stereocenters. The highest BCUT2D eigenvalue weighted by atomic mass is 19.1. The molecule has 7 nitrogen and oxygen atoms in total. The van der Waals surface area contributed by atoms with Gasteiger partial charge in [0.05, 0.1) is 13.3 Å². The second-order valence-corrected chi connectivity index (χ2v) is 7.77. The minimum atomic E-state index is -0.305. The number of halogens is 1. The zero-order chi connectivity index (χ0) is 21.5. The summed E-state index contributed by atoms with van der Waals surface area (Å²) < 4.78 is 26.1. The lowest BCUT2D eigenvalue weighted by molar-refractivity contribution is 0.173. The Hall–Kier alpha value is -3.39. The molecule has 0 amide bonds. The predicted octanol–water partition coefficient (Wildman–Crippen LogP) is 3.55. The molecular weight excluding hydrogens is 399 g/mol. The van der Waals surface area contributed by atoms with Crippen LogP contribution in [0.2, 0.25) is 0 Å². The van der Waals surface area contributed by atoms with Crippen LogP contribution in [-0.4, -0.2) is 27.9 Å². The molecule has 0 saturated carbocycles. The van der Waals surface area contributed by atoms with Gasteiger partial charge in [0.1, 0.15) is 5.82 Å². The van der Waals surface area contributed by atoms with E-state index in [0.29, 0.717) is 37.8 Å². The van der Waals surface area contributed by atoms with E-state index in [1.54, 1.807) is 16.7 Å². The smallest absolute Gasteiger partial charge is 0.259 e. The monoisotopic (exact) mass is 422 g/mol. The fourth-order valence-corrected chi connectivity index (χ4v) is 4.15. The first-order chi connectivity index (χ1) is 15.0. The van der Waals surface area contributed by atoms with Crippen LogP contribution in [0.4, 0.5) is 16.0 Å². The molecular formula is C23H23FN4O3. The molecule has 3 heterocycles. The zero-order valence-corrected chi connectivity index (χ0v) is 17.5. The average molecular weight is 422 g/mol. The molecule has 0 saturated heterocycles. The first-order valence-corrected chi connectivity index (χ1v) is 10.3. The highest BCUT2D eigenvalue weighted by Gasteiger charge is 2.28. The van der Waals surface area contributed by atoms with E-state index in [9.17, 15) is 9.18 Å². The Labute approximate surface area is 179 Å². The Morgan fingerprint density at radius 1 is 1.06 bits per heavy atom. The van der Waals surface area contributed by atoms with E-state index in [4.69, 9.17) is 14.5 Å². The lowest BCUT2D eigenvalue weighted by atomic mass is 10.1. The molecule has 2 aliphatic heterocycles. The van der Waals surface area contributed by atoms with Crippen molar-refractivity contribution in [1.29, 1.82) is 0 Å². The van der Waals surface area contributed by atoms with E-state index < -0.39 is 0 Å². The second-order valence-electron chi connectivity index (χ2n) is 7.77. The third-order valence-electron chi connectivity index (χ3n) is 5.71. The van der Waals surface area contributed by atoms with Gasteiger partial charge < -0.3 is 9.47 Å². The number of aryl methyl sites for hydroxylation is 1. The van der Waals surface area contributed by atoms with Crippen molar-refractivity contribution in [2.24, 2.45) is 0 Å². The summed E-state index contributed by atoms with van der Waals surface area (Å²) in [6.07, 6.45) is 0.622. The van der Waals surface area contributed by atoms with Crippen LogP contribution in [0.15, 0.2) is 47.3 Å². The first kappa shape index (κ1) is 19.6. The molecule has 0 N–H and O–H groups in total. The Balaban J connectivity index is 1.54. The second kappa shape index (κ2) is 7.70. The number of anilines is 2. The molecule has 0 radical (unpaired) electrons. The third-order valence-corrected chi connectivity index (χ3v) is 5.71. The summed E-state index contributed by atoms with van der Waals surface area (Å²) in [7, 11) is 0. The van der Waals surface area contributed by atoms with Gasteiger partial charge in [0.2, 0.25) is 12.7 Å². The number of aromatic nitrogens is 2. The zero-order valence-electron chi connectivity index (χ0n) is 17.5. The summed E-state index contributed by atoms with van der Waals surface area (Å²) >= 11 is 0. The van der Waals surface area contributed by atoms with Crippen molar-refractivity contribution in [2.45, 2.75) is 33.5 Å². The van der Waals surface area contributed by atoms with Gasteiger partial charge in [-0.3, -0.25) is 19.2 Å². The number of benzene rings is 2. The summed E-state index contributed by atoms with van der Waals surface area (Å²) in [6, 6.07) is 12.1. The van der Waals surface area contributed by atoms with Crippen molar-refractivity contribution in [3.63, 3.8) is 0 Å². The summed E-state index contributed by atoms with van der Waals surface area (Å²) in [6.45, 7) is 5.59. The van der Waals surface area contributed by atoms with E-state index in [1.807, 2.05) is 36.9 Å². The summed E-state index contributed by atoms with van der Waals surface area (Å²) in [5.41, 5.74) is 3.24. The molecule has 1 aromatic heterocycles. The van der Waals surface area contributed by atoms with Gasteiger partial charge in [0, 0.05) is 23.5 Å². The van der Waals surface area contributed by atoms with E-state index in [2.05, 4.69) is 4.90 Å². The van der Waals surface area contributed by atoms with Gasteiger partial charge in [-0.2, -0.15) is 0 Å². The SMILES string of the molecule is CCc1c(C)nc2n(c1=O)CN(Cc1ccc3c(c1)OCO3)CN2c1ccc(F)cc1. The molecule has 2 aromatic carbocycles. The number of fused-ring (bicyclic) bond motifs is 2. The maximum Gasteiger partial charge on any atom is 0.259 e. The van der Waals surface area contributed by atoms with Crippen LogP contribution in [0.3, 0.4) is 0 Å². The Morgan fingerprint density at radius 3 is 2.61 bits per heavy atom. The van der Waals surface area contributed by atoms with Gasteiger partial charge >= 0.3 is 0 Å². The topological polar surface area (TPSA) is 59.8 Å². The molecule has 8 heteroatoms. The Morgan fingerprint density at radius 2 is 1.84 bits per heavy atom. The van der Waals surface area contributed by atoms with Crippen LogP contribution in [-0.2, 0) is 19.6 Å². The quantitative estimate of drug-likeness (QED) is 0.641. The van der Waals surface area contributed by atoms with Crippen LogP contribution in [0.25, 0.3) is 0 Å². The van der Waals surface area contributed by atoms with Crippen molar-refractivity contribution < 1.29 is 13.9 Å². The van der Waals surface area contributed by atoms with Crippen LogP contribution >= 0.6 is 0 Å². The number of ether oxygens (including phenoxy) is 2. The maximum atomic E-state index is 13.5. The third kappa shape index (κ3) is 3.53. The van der Waals surface area contributed by atoms with Crippen LogP contribution < -0.4 is 19.9 Å². The number of hydrogen-bond donors (Lipinski definition) is 0. The molecule has 0 aliphatic carbocycles. The number of hydrogen-bond acceptors (Lipinski definition) is 6. The van der Waals surface area contributed by atoms with Crippen molar-refractivity contribution in [2.75, 3.05) is 18.4 Å². The summed E-state index contributed by atoms with van der Waals surface area (Å²) in [5.74, 6) is 1.74. The summed E-state index contributed by atoms with van der Waals surface area (Å²) in [4.78, 5) is 22.1. The van der Waals surface area contributed by atoms with E-state index in [0.717, 1.165) is 28.4 Å². The minimum absolute atomic E-state index is 0.0347. The molecule has 0 fully saturated rings. The fourth-order valence-electron chi connectivity index (χ4n) is 4.15. The highest BCUT2D eigenvalue weighted by Crippen LogP contribution is 2.34. The van der Waals surface area contributed by atoms with Crippen LogP contribution in [0.5, 0.6) is 11.5 Å². The van der Waals surface area contributed by atoms with Crippen molar-refractivity contribution >= 4 is 11.6 Å². The van der Waals surface area contributed by atoms with Crippen molar-refractivity contribution in [3.05, 3.63) is 75.5 Å².